The zero-order chi connectivity index (χ0) is 29.2. The molecule has 2 aromatic heterocycles. The van der Waals surface area contributed by atoms with Crippen LogP contribution in [0.2, 0.25) is 5.02 Å². The van der Waals surface area contributed by atoms with Gasteiger partial charge in [-0.1, -0.05) is 57.2 Å². The minimum atomic E-state index is -0.107. The van der Waals surface area contributed by atoms with Gasteiger partial charge in [0.15, 0.2) is 0 Å². The van der Waals surface area contributed by atoms with Gasteiger partial charge < -0.3 is 24.3 Å². The third-order valence-electron chi connectivity index (χ3n) is 6.10. The Morgan fingerprint density at radius 2 is 1.98 bits per heavy atom. The molecule has 9 heteroatoms. The zero-order valence-electron chi connectivity index (χ0n) is 23.6. The molecule has 0 amide bonds. The fourth-order valence-electron chi connectivity index (χ4n) is 3.97. The molecule has 0 fully saturated rings. The van der Waals surface area contributed by atoms with Gasteiger partial charge in [0.2, 0.25) is 5.89 Å². The fourth-order valence-corrected chi connectivity index (χ4v) is 4.19. The van der Waals surface area contributed by atoms with Gasteiger partial charge in [-0.15, -0.1) is 0 Å². The lowest BCUT2D eigenvalue weighted by atomic mass is 9.93. The SMILES string of the molecule is C=C/C=C\c1ncnc(Nc2ccc(Oc3cccc(-c4nc(C(C)(C)C)co4)c3)c(Cl)c2)c1CCCOCCO. The molecule has 2 aromatic carbocycles. The number of ether oxygens (including phenoxy) is 2. The van der Waals surface area contributed by atoms with E-state index < -0.39 is 0 Å². The molecular weight excluding hydrogens is 540 g/mol. The second kappa shape index (κ2) is 14.1. The largest absolute Gasteiger partial charge is 0.456 e. The van der Waals surface area contributed by atoms with Gasteiger partial charge in [-0.3, -0.25) is 0 Å². The Morgan fingerprint density at radius 1 is 1.12 bits per heavy atom. The number of aromatic nitrogens is 3. The lowest BCUT2D eigenvalue weighted by Gasteiger charge is -2.15. The van der Waals surface area contributed by atoms with Gasteiger partial charge in [0.05, 0.1) is 29.6 Å². The van der Waals surface area contributed by atoms with Crippen molar-refractivity contribution in [3.05, 3.63) is 95.8 Å². The molecule has 4 aromatic rings. The number of nitrogens with zero attached hydrogens (tertiary/aromatic N) is 3. The molecule has 214 valence electrons. The van der Waals surface area contributed by atoms with Gasteiger partial charge in [0, 0.05) is 28.8 Å². The summed E-state index contributed by atoms with van der Waals surface area (Å²) < 4.78 is 17.3. The Labute approximate surface area is 245 Å². The number of allylic oxidation sites excluding steroid dienone is 2. The van der Waals surface area contributed by atoms with Crippen molar-refractivity contribution in [2.45, 2.75) is 39.0 Å². The van der Waals surface area contributed by atoms with E-state index in [-0.39, 0.29) is 12.0 Å². The molecular formula is C32H35ClN4O4. The maximum Gasteiger partial charge on any atom is 0.226 e. The second-order valence-corrected chi connectivity index (χ2v) is 10.7. The van der Waals surface area contributed by atoms with E-state index >= 15 is 0 Å². The summed E-state index contributed by atoms with van der Waals surface area (Å²) in [6.45, 7) is 10.9. The molecule has 0 atom stereocenters. The minimum Gasteiger partial charge on any atom is -0.456 e. The predicted molar refractivity (Wildman–Crippen MR) is 163 cm³/mol. The van der Waals surface area contributed by atoms with Crippen molar-refractivity contribution in [2.24, 2.45) is 0 Å². The normalized spacial score (nSPS) is 11.6. The third-order valence-corrected chi connectivity index (χ3v) is 6.39. The molecule has 0 saturated heterocycles. The molecule has 0 unspecified atom stereocenters. The molecule has 0 bridgehead atoms. The van der Waals surface area contributed by atoms with E-state index in [1.165, 1.54) is 6.33 Å². The van der Waals surface area contributed by atoms with Gasteiger partial charge in [0.25, 0.3) is 0 Å². The topological polar surface area (TPSA) is 103 Å². The van der Waals surface area contributed by atoms with Crippen molar-refractivity contribution in [1.82, 2.24) is 15.0 Å². The van der Waals surface area contributed by atoms with Crippen LogP contribution in [0.25, 0.3) is 17.5 Å². The molecule has 8 nitrogen and oxygen atoms in total. The van der Waals surface area contributed by atoms with Crippen LogP contribution in [-0.2, 0) is 16.6 Å². The highest BCUT2D eigenvalue weighted by Crippen LogP contribution is 2.35. The summed E-state index contributed by atoms with van der Waals surface area (Å²) in [5.74, 6) is 2.33. The summed E-state index contributed by atoms with van der Waals surface area (Å²) in [5, 5.41) is 12.7. The number of aliphatic hydroxyl groups is 1. The monoisotopic (exact) mass is 574 g/mol. The van der Waals surface area contributed by atoms with E-state index in [2.05, 4.69) is 47.6 Å². The van der Waals surface area contributed by atoms with Crippen LogP contribution >= 0.6 is 11.6 Å². The van der Waals surface area contributed by atoms with E-state index in [1.807, 2.05) is 48.6 Å². The molecule has 0 spiro atoms. The first-order valence-electron chi connectivity index (χ1n) is 13.4. The van der Waals surface area contributed by atoms with Crippen LogP contribution in [0.5, 0.6) is 11.5 Å². The average molecular weight is 575 g/mol. The van der Waals surface area contributed by atoms with Crippen LogP contribution in [-0.4, -0.2) is 39.9 Å². The van der Waals surface area contributed by atoms with Crippen molar-refractivity contribution in [2.75, 3.05) is 25.1 Å². The van der Waals surface area contributed by atoms with E-state index in [1.54, 1.807) is 18.4 Å². The van der Waals surface area contributed by atoms with Crippen LogP contribution in [0.3, 0.4) is 0 Å². The maximum absolute atomic E-state index is 8.94. The molecule has 41 heavy (non-hydrogen) atoms. The predicted octanol–water partition coefficient (Wildman–Crippen LogP) is 7.76. The molecule has 4 rings (SSSR count). The molecule has 2 heterocycles. The number of anilines is 2. The standard InChI is InChI=1S/C32H35ClN4O4/c1-5-6-12-27-25(11-8-16-39-17-15-38)30(35-21-34-27)36-23-13-14-28(26(33)19-23)41-24-10-7-9-22(18-24)31-37-29(20-40-31)32(2,3)4/h5-7,9-10,12-14,18-21,38H,1,8,11,15-17H2,2-4H3,(H,34,35,36)/b12-6-. The molecule has 0 aliphatic rings. The summed E-state index contributed by atoms with van der Waals surface area (Å²) in [5.41, 5.74) is 4.07. The Hall–Kier alpha value is -3.98. The van der Waals surface area contributed by atoms with Gasteiger partial charge >= 0.3 is 0 Å². The lowest BCUT2D eigenvalue weighted by Crippen LogP contribution is -2.11. The van der Waals surface area contributed by atoms with Crippen LogP contribution in [0.4, 0.5) is 11.5 Å². The van der Waals surface area contributed by atoms with Gasteiger partial charge in [-0.25, -0.2) is 15.0 Å². The number of nitrogens with one attached hydrogen (secondary N) is 1. The Bertz CT molecular complexity index is 1490. The van der Waals surface area contributed by atoms with Crippen LogP contribution < -0.4 is 10.1 Å². The Morgan fingerprint density at radius 3 is 2.71 bits per heavy atom. The fraction of sp³-hybridized carbons (Fsp3) is 0.281. The number of benzene rings is 2. The third kappa shape index (κ3) is 8.27. The molecule has 0 aliphatic carbocycles. The summed E-state index contributed by atoms with van der Waals surface area (Å²) in [6.07, 6.45) is 10.1. The van der Waals surface area contributed by atoms with Crippen LogP contribution in [0, 0.1) is 0 Å². The van der Waals surface area contributed by atoms with Gasteiger partial charge in [0.1, 0.15) is 29.9 Å². The van der Waals surface area contributed by atoms with Crippen LogP contribution in [0.15, 0.2) is 78.2 Å². The highest BCUT2D eigenvalue weighted by molar-refractivity contribution is 6.32. The van der Waals surface area contributed by atoms with E-state index in [9.17, 15) is 0 Å². The second-order valence-electron chi connectivity index (χ2n) is 10.3. The first-order chi connectivity index (χ1) is 19.8. The first kappa shape index (κ1) is 30.0. The average Bonchev–Trinajstić information content (AvgIpc) is 3.46. The summed E-state index contributed by atoms with van der Waals surface area (Å²) in [4.78, 5) is 13.5. The summed E-state index contributed by atoms with van der Waals surface area (Å²) in [6, 6.07) is 13.0. The van der Waals surface area contributed by atoms with E-state index in [0.29, 0.717) is 47.9 Å². The molecule has 0 saturated carbocycles. The Kier molecular flexibility index (Phi) is 10.3. The number of oxazole rings is 1. The number of hydrogen-bond donors (Lipinski definition) is 2. The van der Waals surface area contributed by atoms with E-state index in [0.717, 1.165) is 34.6 Å². The number of halogens is 1. The van der Waals surface area contributed by atoms with Crippen molar-refractivity contribution in [3.63, 3.8) is 0 Å². The maximum atomic E-state index is 8.94. The summed E-state index contributed by atoms with van der Waals surface area (Å²) in [7, 11) is 0. The van der Waals surface area contributed by atoms with Gasteiger partial charge in [-0.05, 0) is 55.3 Å². The summed E-state index contributed by atoms with van der Waals surface area (Å²) >= 11 is 6.64. The molecule has 0 aliphatic heterocycles. The Balaban J connectivity index is 1.50. The highest BCUT2D eigenvalue weighted by Gasteiger charge is 2.19. The van der Waals surface area contributed by atoms with Crippen molar-refractivity contribution >= 4 is 29.2 Å². The number of hydrogen-bond acceptors (Lipinski definition) is 8. The number of aliphatic hydroxyl groups excluding tert-OH is 1. The minimum absolute atomic E-state index is 0.0000434. The zero-order valence-corrected chi connectivity index (χ0v) is 24.3. The smallest absolute Gasteiger partial charge is 0.226 e. The van der Waals surface area contributed by atoms with Crippen molar-refractivity contribution in [3.8, 4) is 23.0 Å². The molecule has 0 radical (unpaired) electrons. The van der Waals surface area contributed by atoms with Crippen molar-refractivity contribution in [1.29, 1.82) is 0 Å². The van der Waals surface area contributed by atoms with E-state index in [4.69, 9.17) is 30.6 Å². The molecule has 2 N–H and O–H groups in total. The number of rotatable bonds is 13. The van der Waals surface area contributed by atoms with Crippen molar-refractivity contribution < 1.29 is 19.0 Å². The first-order valence-corrected chi connectivity index (χ1v) is 13.8. The lowest BCUT2D eigenvalue weighted by molar-refractivity contribution is 0.0909. The van der Waals surface area contributed by atoms with Gasteiger partial charge in [-0.2, -0.15) is 0 Å². The quantitative estimate of drug-likeness (QED) is 0.123. The highest BCUT2D eigenvalue weighted by atomic mass is 35.5. The van der Waals surface area contributed by atoms with Crippen LogP contribution in [0.1, 0.15) is 44.1 Å².